The molecule has 0 aromatic heterocycles. The van der Waals surface area contributed by atoms with Gasteiger partial charge in [-0.05, 0) is 47.0 Å². The van der Waals surface area contributed by atoms with E-state index < -0.39 is 0 Å². The van der Waals surface area contributed by atoms with Gasteiger partial charge in [-0.2, -0.15) is 0 Å². The molecule has 0 radical (unpaired) electrons. The van der Waals surface area contributed by atoms with Crippen molar-refractivity contribution < 1.29 is 4.74 Å². The lowest BCUT2D eigenvalue weighted by molar-refractivity contribution is 0.121. The first-order valence-corrected chi connectivity index (χ1v) is 8.58. The number of alkyl halides is 1. The molecule has 2 rings (SSSR count). The van der Waals surface area contributed by atoms with Gasteiger partial charge in [-0.1, -0.05) is 46.8 Å². The molecule has 0 bridgehead atoms. The molecule has 1 nitrogen and oxygen atoms in total. The third kappa shape index (κ3) is 3.64. The summed E-state index contributed by atoms with van der Waals surface area (Å²) in [6.07, 6.45) is 6.50. The van der Waals surface area contributed by atoms with E-state index in [1.165, 1.54) is 32.1 Å². The van der Waals surface area contributed by atoms with E-state index >= 15 is 0 Å². The van der Waals surface area contributed by atoms with Crippen LogP contribution in [0.4, 0.5) is 0 Å². The van der Waals surface area contributed by atoms with Crippen LogP contribution in [0.3, 0.4) is 0 Å². The van der Waals surface area contributed by atoms with Crippen molar-refractivity contribution in [2.75, 3.05) is 11.9 Å². The highest BCUT2D eigenvalue weighted by molar-refractivity contribution is 9.10. The first-order chi connectivity index (χ1) is 8.65. The molecule has 0 atom stereocenters. The van der Waals surface area contributed by atoms with Gasteiger partial charge in [-0.25, -0.2) is 0 Å². The van der Waals surface area contributed by atoms with Crippen LogP contribution in [0.1, 0.15) is 32.1 Å². The van der Waals surface area contributed by atoms with Gasteiger partial charge in [0, 0.05) is 15.8 Å². The van der Waals surface area contributed by atoms with Gasteiger partial charge in [0.25, 0.3) is 0 Å². The number of hydrogen-bond acceptors (Lipinski definition) is 1. The molecule has 18 heavy (non-hydrogen) atoms. The van der Waals surface area contributed by atoms with Gasteiger partial charge in [-0.3, -0.25) is 0 Å². The van der Waals surface area contributed by atoms with Crippen molar-refractivity contribution in [2.24, 2.45) is 5.41 Å². The number of ether oxygens (including phenoxy) is 1. The number of hydrogen-bond donors (Lipinski definition) is 0. The van der Waals surface area contributed by atoms with Crippen molar-refractivity contribution in [3.8, 4) is 5.75 Å². The number of rotatable bonds is 4. The normalized spacial score (nSPS) is 18.6. The van der Waals surface area contributed by atoms with Crippen molar-refractivity contribution in [3.63, 3.8) is 0 Å². The summed E-state index contributed by atoms with van der Waals surface area (Å²) in [6, 6.07) is 5.67. The van der Waals surface area contributed by atoms with Gasteiger partial charge in [0.05, 0.1) is 11.1 Å². The van der Waals surface area contributed by atoms with Crippen LogP contribution in [-0.2, 0) is 0 Å². The SMILES string of the molecule is Clc1ccc(OCC2(CBr)CCCCC2)c(Br)c1. The molecule has 0 N–H and O–H groups in total. The van der Waals surface area contributed by atoms with E-state index in [9.17, 15) is 0 Å². The lowest BCUT2D eigenvalue weighted by Crippen LogP contribution is -2.32. The number of halogens is 3. The van der Waals surface area contributed by atoms with Crippen molar-refractivity contribution in [1.29, 1.82) is 0 Å². The van der Waals surface area contributed by atoms with Gasteiger partial charge in [0.1, 0.15) is 5.75 Å². The van der Waals surface area contributed by atoms with Crippen LogP contribution in [0.25, 0.3) is 0 Å². The Bertz CT molecular complexity index is 403. The topological polar surface area (TPSA) is 9.23 Å². The van der Waals surface area contributed by atoms with Crippen LogP contribution >= 0.6 is 43.5 Å². The summed E-state index contributed by atoms with van der Waals surface area (Å²) in [4.78, 5) is 0. The molecule has 100 valence electrons. The molecule has 1 aliphatic carbocycles. The first kappa shape index (κ1) is 14.7. The molecule has 0 aliphatic heterocycles. The fourth-order valence-corrected chi connectivity index (χ4v) is 3.96. The molecule has 1 aliphatic rings. The second-order valence-corrected chi connectivity index (χ2v) is 6.91. The third-order valence-electron chi connectivity index (χ3n) is 3.63. The summed E-state index contributed by atoms with van der Waals surface area (Å²) < 4.78 is 6.92. The van der Waals surface area contributed by atoms with E-state index in [0.717, 1.165) is 27.2 Å². The van der Waals surface area contributed by atoms with Gasteiger partial charge in [0.2, 0.25) is 0 Å². The molecule has 1 aromatic carbocycles. The largest absolute Gasteiger partial charge is 0.492 e. The van der Waals surface area contributed by atoms with Crippen molar-refractivity contribution >= 4 is 43.5 Å². The summed E-state index contributed by atoms with van der Waals surface area (Å²) in [5.74, 6) is 0.880. The van der Waals surface area contributed by atoms with Crippen molar-refractivity contribution in [1.82, 2.24) is 0 Å². The second-order valence-electron chi connectivity index (χ2n) is 5.06. The average molecular weight is 397 g/mol. The van der Waals surface area contributed by atoms with Gasteiger partial charge >= 0.3 is 0 Å². The zero-order valence-electron chi connectivity index (χ0n) is 10.2. The zero-order chi connectivity index (χ0) is 13.0. The highest BCUT2D eigenvalue weighted by Crippen LogP contribution is 2.39. The number of benzene rings is 1. The minimum Gasteiger partial charge on any atom is -0.492 e. The Hall–Kier alpha value is 0.270. The minimum absolute atomic E-state index is 0.303. The summed E-state index contributed by atoms with van der Waals surface area (Å²) in [5, 5.41) is 1.74. The molecule has 0 saturated heterocycles. The predicted octanol–water partition coefficient (Wildman–Crippen LogP) is 5.83. The van der Waals surface area contributed by atoms with E-state index in [1.54, 1.807) is 0 Å². The Morgan fingerprint density at radius 1 is 1.22 bits per heavy atom. The smallest absolute Gasteiger partial charge is 0.133 e. The Morgan fingerprint density at radius 2 is 1.94 bits per heavy atom. The molecule has 1 fully saturated rings. The molecule has 4 heteroatoms. The lowest BCUT2D eigenvalue weighted by Gasteiger charge is -2.35. The van der Waals surface area contributed by atoms with Crippen molar-refractivity contribution in [2.45, 2.75) is 32.1 Å². The average Bonchev–Trinajstić information content (AvgIpc) is 2.39. The van der Waals surface area contributed by atoms with E-state index in [-0.39, 0.29) is 0 Å². The molecule has 0 heterocycles. The van der Waals surface area contributed by atoms with Crippen LogP contribution in [-0.4, -0.2) is 11.9 Å². The Kier molecular flexibility index (Phi) is 5.40. The monoisotopic (exact) mass is 394 g/mol. The fourth-order valence-electron chi connectivity index (χ4n) is 2.44. The Morgan fingerprint density at radius 3 is 2.56 bits per heavy atom. The molecule has 1 aromatic rings. The molecular weight excluding hydrogens is 379 g/mol. The van der Waals surface area contributed by atoms with Crippen LogP contribution in [0.2, 0.25) is 5.02 Å². The fraction of sp³-hybridized carbons (Fsp3) is 0.571. The quantitative estimate of drug-likeness (QED) is 0.582. The third-order valence-corrected chi connectivity index (χ3v) is 5.67. The summed E-state index contributed by atoms with van der Waals surface area (Å²) in [6.45, 7) is 0.776. The first-order valence-electron chi connectivity index (χ1n) is 6.29. The van der Waals surface area contributed by atoms with Gasteiger partial charge in [-0.15, -0.1) is 0 Å². The summed E-state index contributed by atoms with van der Waals surface area (Å²) in [7, 11) is 0. The second kappa shape index (κ2) is 6.62. The lowest BCUT2D eigenvalue weighted by atomic mass is 9.76. The maximum atomic E-state index is 5.99. The van der Waals surface area contributed by atoms with E-state index in [4.69, 9.17) is 16.3 Å². The molecule has 0 amide bonds. The predicted molar refractivity (Wildman–Crippen MR) is 84.0 cm³/mol. The molecule has 1 saturated carbocycles. The van der Waals surface area contributed by atoms with Crippen LogP contribution in [0, 0.1) is 5.41 Å². The maximum Gasteiger partial charge on any atom is 0.133 e. The molecule has 0 unspecified atom stereocenters. The van der Waals surface area contributed by atoms with Crippen molar-refractivity contribution in [3.05, 3.63) is 27.7 Å². The van der Waals surface area contributed by atoms with E-state index in [2.05, 4.69) is 31.9 Å². The standard InChI is InChI=1S/C14H17Br2ClO/c15-9-14(6-2-1-3-7-14)10-18-13-5-4-11(17)8-12(13)16/h4-5,8H,1-3,6-7,9-10H2. The van der Waals surface area contributed by atoms with E-state index in [0.29, 0.717) is 5.41 Å². The molecular formula is C14H17Br2ClO. The van der Waals surface area contributed by atoms with E-state index in [1.807, 2.05) is 18.2 Å². The molecule has 0 spiro atoms. The zero-order valence-corrected chi connectivity index (χ0v) is 14.2. The highest BCUT2D eigenvalue weighted by atomic mass is 79.9. The summed E-state index contributed by atoms with van der Waals surface area (Å²) in [5.41, 5.74) is 0.303. The van der Waals surface area contributed by atoms with Crippen LogP contribution in [0.5, 0.6) is 5.75 Å². The summed E-state index contributed by atoms with van der Waals surface area (Å²) >= 11 is 13.1. The highest BCUT2D eigenvalue weighted by Gasteiger charge is 2.32. The Balaban J connectivity index is 2.01. The van der Waals surface area contributed by atoms with Gasteiger partial charge in [0.15, 0.2) is 0 Å². The van der Waals surface area contributed by atoms with Gasteiger partial charge < -0.3 is 4.74 Å². The van der Waals surface area contributed by atoms with Crippen LogP contribution in [0.15, 0.2) is 22.7 Å². The minimum atomic E-state index is 0.303. The maximum absolute atomic E-state index is 5.99. The van der Waals surface area contributed by atoms with Crippen LogP contribution < -0.4 is 4.74 Å². The Labute approximate surface area is 130 Å².